The molecule has 2 fully saturated rings. The molecule has 0 bridgehead atoms. The second-order valence-corrected chi connectivity index (χ2v) is 8.25. The molecule has 1 unspecified atom stereocenters. The number of thioether (sulfide) groups is 1. The zero-order valence-corrected chi connectivity index (χ0v) is 18.2. The van der Waals surface area contributed by atoms with Gasteiger partial charge in [-0.25, -0.2) is 4.79 Å². The molecule has 2 rings (SSSR count). The van der Waals surface area contributed by atoms with Crippen LogP contribution in [0, 0.1) is 0 Å². The van der Waals surface area contributed by atoms with Crippen molar-refractivity contribution in [1.82, 2.24) is 26.6 Å². The monoisotopic (exact) mass is 416 g/mol. The first-order chi connectivity index (χ1) is 13.7. The molecule has 2 heterocycles. The third-order valence-corrected chi connectivity index (χ3v) is 5.75. The van der Waals surface area contributed by atoms with Gasteiger partial charge in [-0.15, -0.1) is 0 Å². The number of carbonyl (C=O) groups is 2. The summed E-state index contributed by atoms with van der Waals surface area (Å²) in [6.45, 7) is 7.71. The van der Waals surface area contributed by atoms with Crippen molar-refractivity contribution in [3.8, 4) is 0 Å². The third-order valence-electron chi connectivity index (χ3n) is 4.56. The van der Waals surface area contributed by atoms with Gasteiger partial charge in [0.2, 0.25) is 5.91 Å². The molecule has 0 aromatic carbocycles. The van der Waals surface area contributed by atoms with Gasteiger partial charge in [-0.2, -0.15) is 11.8 Å². The molecule has 9 heteroatoms. The number of rotatable bonds is 14. The van der Waals surface area contributed by atoms with Crippen molar-refractivity contribution in [2.45, 2.75) is 57.5 Å². The Labute approximate surface area is 174 Å². The van der Waals surface area contributed by atoms with Crippen molar-refractivity contribution >= 4 is 23.7 Å². The van der Waals surface area contributed by atoms with Crippen molar-refractivity contribution in [3.05, 3.63) is 0 Å². The summed E-state index contributed by atoms with van der Waals surface area (Å²) in [4.78, 5) is 21.8. The first-order valence-electron chi connectivity index (χ1n) is 10.7. The second-order valence-electron chi connectivity index (χ2n) is 7.17. The lowest BCUT2D eigenvalue weighted by Gasteiger charge is -2.07. The Bertz CT molecular complexity index is 413. The smallest absolute Gasteiger partial charge is 0.315 e. The minimum absolute atomic E-state index is 0.00491. The number of nitrogens with one attached hydrogen (secondary N) is 5. The predicted octanol–water partition coefficient (Wildman–Crippen LogP) is 0.384. The third kappa shape index (κ3) is 12.4. The van der Waals surface area contributed by atoms with E-state index in [1.54, 1.807) is 0 Å². The molecule has 0 saturated carbocycles. The van der Waals surface area contributed by atoms with Crippen LogP contribution in [0.1, 0.15) is 45.4 Å². The average molecular weight is 417 g/mol. The van der Waals surface area contributed by atoms with E-state index in [1.165, 1.54) is 12.8 Å². The lowest BCUT2D eigenvalue weighted by molar-refractivity contribution is -0.121. The summed E-state index contributed by atoms with van der Waals surface area (Å²) in [5.74, 6) is 2.32. The summed E-state index contributed by atoms with van der Waals surface area (Å²) in [5.41, 5.74) is 5.41. The van der Waals surface area contributed by atoms with Crippen molar-refractivity contribution in [2.24, 2.45) is 5.73 Å². The maximum absolute atomic E-state index is 11.2. The Morgan fingerprint density at radius 1 is 1.00 bits per heavy atom. The Morgan fingerprint density at radius 2 is 1.57 bits per heavy atom. The number of hydrogen-bond acceptors (Lipinski definition) is 6. The number of unbranched alkanes of at least 4 members (excludes halogenated alkanes) is 1. The van der Waals surface area contributed by atoms with E-state index in [4.69, 9.17) is 5.73 Å². The van der Waals surface area contributed by atoms with Gasteiger partial charge in [0, 0.05) is 24.5 Å². The zero-order chi connectivity index (χ0) is 20.5. The highest BCUT2D eigenvalue weighted by molar-refractivity contribution is 7.99. The summed E-state index contributed by atoms with van der Waals surface area (Å²) in [5, 5.41) is 15.4. The van der Waals surface area contributed by atoms with E-state index in [2.05, 4.69) is 26.6 Å². The lowest BCUT2D eigenvalue weighted by Crippen LogP contribution is -2.31. The van der Waals surface area contributed by atoms with E-state index in [0.29, 0.717) is 18.5 Å². The van der Waals surface area contributed by atoms with Gasteiger partial charge < -0.3 is 32.3 Å². The standard InChI is InChI=1S/C14H32N4O.C5H8N2OS/c1-2-7-14(19)18-13-6-12-17-10-4-3-9-16-11-5-8-15;8-5-6-3-1-9-2-4(3)7-5/h16-17H,2-13,15H2,1H3,(H,18,19);3-4H,1-2H2,(H2,6,7,8)/t;3-,4?/m.1/s1. The largest absolute Gasteiger partial charge is 0.356 e. The Kier molecular flexibility index (Phi) is 15.1. The highest BCUT2D eigenvalue weighted by Gasteiger charge is 2.35. The molecule has 8 nitrogen and oxygen atoms in total. The fourth-order valence-corrected chi connectivity index (χ4v) is 4.23. The first-order valence-corrected chi connectivity index (χ1v) is 11.9. The number of urea groups is 1. The predicted molar refractivity (Wildman–Crippen MR) is 118 cm³/mol. The van der Waals surface area contributed by atoms with Gasteiger partial charge in [0.25, 0.3) is 0 Å². The van der Waals surface area contributed by atoms with Crippen LogP contribution in [0.25, 0.3) is 0 Å². The lowest BCUT2D eigenvalue weighted by atomic mass is 10.2. The van der Waals surface area contributed by atoms with Crippen LogP contribution in [-0.4, -0.2) is 74.8 Å². The molecule has 164 valence electrons. The van der Waals surface area contributed by atoms with Crippen molar-refractivity contribution < 1.29 is 9.59 Å². The molecule has 3 amide bonds. The fourth-order valence-electron chi connectivity index (χ4n) is 2.95. The van der Waals surface area contributed by atoms with Crippen LogP contribution in [0.15, 0.2) is 0 Å². The van der Waals surface area contributed by atoms with Gasteiger partial charge in [-0.3, -0.25) is 4.79 Å². The van der Waals surface area contributed by atoms with E-state index < -0.39 is 0 Å². The van der Waals surface area contributed by atoms with Crippen molar-refractivity contribution in [3.63, 3.8) is 0 Å². The molecular formula is C19H40N6O2S. The van der Waals surface area contributed by atoms with Crippen LogP contribution in [0.3, 0.4) is 0 Å². The van der Waals surface area contributed by atoms with Crippen LogP contribution in [0.5, 0.6) is 0 Å². The molecule has 0 spiro atoms. The van der Waals surface area contributed by atoms with Crippen LogP contribution in [0.2, 0.25) is 0 Å². The molecule has 28 heavy (non-hydrogen) atoms. The molecule has 0 aromatic heterocycles. The van der Waals surface area contributed by atoms with Crippen LogP contribution < -0.4 is 32.3 Å². The van der Waals surface area contributed by atoms with Crippen molar-refractivity contribution in [2.75, 3.05) is 50.8 Å². The highest BCUT2D eigenvalue weighted by Crippen LogP contribution is 2.20. The summed E-state index contributed by atoms with van der Waals surface area (Å²) >= 11 is 1.89. The number of hydrogen-bond donors (Lipinski definition) is 6. The van der Waals surface area contributed by atoms with Gasteiger partial charge in [0.1, 0.15) is 0 Å². The van der Waals surface area contributed by atoms with Gasteiger partial charge in [-0.1, -0.05) is 6.92 Å². The Morgan fingerprint density at radius 3 is 2.14 bits per heavy atom. The molecule has 7 N–H and O–H groups in total. The Hall–Kier alpha value is -1.03. The molecule has 2 atom stereocenters. The number of fused-ring (bicyclic) bond motifs is 1. The normalized spacial score (nSPS) is 20.0. The summed E-state index contributed by atoms with van der Waals surface area (Å²) in [7, 11) is 0. The molecule has 0 aliphatic carbocycles. The molecule has 2 aliphatic heterocycles. The van der Waals surface area contributed by atoms with E-state index in [0.717, 1.165) is 70.0 Å². The topological polar surface area (TPSA) is 120 Å². The van der Waals surface area contributed by atoms with Crippen LogP contribution in [0.4, 0.5) is 4.79 Å². The van der Waals surface area contributed by atoms with E-state index in [9.17, 15) is 9.59 Å². The van der Waals surface area contributed by atoms with Crippen LogP contribution in [-0.2, 0) is 4.79 Å². The first kappa shape index (κ1) is 25.0. The molecule has 0 radical (unpaired) electrons. The molecule has 2 saturated heterocycles. The summed E-state index contributed by atoms with van der Waals surface area (Å²) < 4.78 is 0. The minimum atomic E-state index is 0.00491. The van der Waals surface area contributed by atoms with E-state index >= 15 is 0 Å². The maximum atomic E-state index is 11.2. The molecule has 0 aromatic rings. The number of carbonyl (C=O) groups excluding carboxylic acids is 2. The maximum Gasteiger partial charge on any atom is 0.315 e. The van der Waals surface area contributed by atoms with Gasteiger partial charge >= 0.3 is 6.03 Å². The highest BCUT2D eigenvalue weighted by atomic mass is 32.2. The average Bonchev–Trinajstić information content (AvgIpc) is 3.24. The van der Waals surface area contributed by atoms with Crippen molar-refractivity contribution in [1.29, 1.82) is 0 Å². The van der Waals surface area contributed by atoms with Gasteiger partial charge in [-0.05, 0) is 64.8 Å². The molecular weight excluding hydrogens is 376 g/mol. The number of nitrogens with two attached hydrogens (primary N) is 1. The van der Waals surface area contributed by atoms with Crippen LogP contribution >= 0.6 is 11.8 Å². The van der Waals surface area contributed by atoms with E-state index in [1.807, 2.05) is 18.7 Å². The fraction of sp³-hybridized carbons (Fsp3) is 0.895. The quantitative estimate of drug-likeness (QED) is 0.180. The van der Waals surface area contributed by atoms with Gasteiger partial charge in [0.15, 0.2) is 0 Å². The van der Waals surface area contributed by atoms with E-state index in [-0.39, 0.29) is 11.9 Å². The molecule has 2 aliphatic rings. The summed E-state index contributed by atoms with van der Waals surface area (Å²) in [6.07, 6.45) is 6.02. The second kappa shape index (κ2) is 16.9. The Balaban J connectivity index is 0.000000354. The zero-order valence-electron chi connectivity index (χ0n) is 17.4. The SMILES string of the molecule is CCCC(=O)NCCCNCCCCNCCCN.O=C1NC2CSC[C@H]2N1. The number of amides is 3. The van der Waals surface area contributed by atoms with Gasteiger partial charge in [0.05, 0.1) is 12.1 Å². The summed E-state index contributed by atoms with van der Waals surface area (Å²) in [6, 6.07) is 0.815. The minimum Gasteiger partial charge on any atom is -0.356 e.